The summed E-state index contributed by atoms with van der Waals surface area (Å²) in [6, 6.07) is 0. The monoisotopic (exact) mass is 352 g/mol. The zero-order valence-corrected chi connectivity index (χ0v) is 11.9. The van der Waals surface area contributed by atoms with Crippen LogP contribution in [0.3, 0.4) is 0 Å². The molecule has 0 aliphatic heterocycles. The van der Waals surface area contributed by atoms with Gasteiger partial charge in [0.15, 0.2) is 35.6 Å². The quantitative estimate of drug-likeness (QED) is 0.374. The maximum absolute atomic E-state index is 14.3. The van der Waals surface area contributed by atoms with Crippen LogP contribution in [-0.2, 0) is 0 Å². The molecular formula is C15H11F7N2. The molecule has 1 aromatic rings. The second kappa shape index (κ2) is 6.21. The number of anilines is 1. The average molecular weight is 352 g/mol. The van der Waals surface area contributed by atoms with E-state index in [1.54, 1.807) is 0 Å². The van der Waals surface area contributed by atoms with Crippen LogP contribution in [0.25, 0.3) is 5.57 Å². The van der Waals surface area contributed by atoms with Gasteiger partial charge in [0.1, 0.15) is 11.5 Å². The van der Waals surface area contributed by atoms with Gasteiger partial charge in [-0.05, 0) is 6.42 Å². The zero-order valence-electron chi connectivity index (χ0n) is 11.9. The highest BCUT2D eigenvalue weighted by molar-refractivity contribution is 5.79. The number of nitrogen functional groups attached to an aromatic ring is 1. The van der Waals surface area contributed by atoms with Crippen molar-refractivity contribution in [3.8, 4) is 0 Å². The Balaban J connectivity index is 2.93. The molecule has 0 fully saturated rings. The van der Waals surface area contributed by atoms with Gasteiger partial charge in [0.25, 0.3) is 0 Å². The highest BCUT2D eigenvalue weighted by Gasteiger charge is 2.41. The number of allylic oxidation sites excluding steroid dienone is 5. The fraction of sp³-hybridized carbons (Fsp3) is 0.200. The van der Waals surface area contributed by atoms with Crippen LogP contribution >= 0.6 is 0 Å². The van der Waals surface area contributed by atoms with Crippen molar-refractivity contribution in [1.29, 1.82) is 0 Å². The first-order chi connectivity index (χ1) is 11.1. The molecule has 0 saturated carbocycles. The number of benzene rings is 1. The van der Waals surface area contributed by atoms with E-state index in [1.807, 2.05) is 0 Å². The Hall–Kier alpha value is -2.45. The molecule has 0 spiro atoms. The van der Waals surface area contributed by atoms with Gasteiger partial charge in [0.2, 0.25) is 0 Å². The third-order valence-electron chi connectivity index (χ3n) is 3.59. The van der Waals surface area contributed by atoms with Crippen molar-refractivity contribution in [2.45, 2.75) is 18.8 Å². The number of hydrogen-bond donors (Lipinski definition) is 2. The summed E-state index contributed by atoms with van der Waals surface area (Å²) in [6.07, 6.45) is -5.11. The van der Waals surface area contributed by atoms with Crippen LogP contribution in [0.5, 0.6) is 0 Å². The summed E-state index contributed by atoms with van der Waals surface area (Å²) in [7, 11) is 0. The molecule has 1 aliphatic carbocycles. The van der Waals surface area contributed by atoms with Crippen molar-refractivity contribution < 1.29 is 30.7 Å². The third kappa shape index (κ3) is 2.44. The molecular weight excluding hydrogens is 341 g/mol. The molecule has 4 N–H and O–H groups in total. The summed E-state index contributed by atoms with van der Waals surface area (Å²) in [5.74, 6) is -9.60. The van der Waals surface area contributed by atoms with Crippen LogP contribution in [0.1, 0.15) is 12.0 Å². The molecule has 0 radical (unpaired) electrons. The van der Waals surface area contributed by atoms with Crippen molar-refractivity contribution in [3.63, 3.8) is 0 Å². The molecule has 2 atom stereocenters. The van der Waals surface area contributed by atoms with Gasteiger partial charge in [-0.15, -0.1) is 6.58 Å². The predicted octanol–water partition coefficient (Wildman–Crippen LogP) is 3.98. The molecule has 2 nitrogen and oxygen atoms in total. The molecule has 0 amide bonds. The van der Waals surface area contributed by atoms with E-state index in [2.05, 4.69) is 6.58 Å². The molecule has 1 aliphatic rings. The first-order valence-electron chi connectivity index (χ1n) is 6.54. The van der Waals surface area contributed by atoms with Crippen LogP contribution in [0.15, 0.2) is 29.8 Å². The van der Waals surface area contributed by atoms with E-state index < -0.39 is 76.0 Å². The van der Waals surface area contributed by atoms with Gasteiger partial charge in [-0.2, -0.15) is 0 Å². The lowest BCUT2D eigenvalue weighted by Gasteiger charge is -2.27. The van der Waals surface area contributed by atoms with Gasteiger partial charge in [0, 0.05) is 11.1 Å². The van der Waals surface area contributed by atoms with Crippen LogP contribution < -0.4 is 11.5 Å². The molecule has 9 heteroatoms. The van der Waals surface area contributed by atoms with Gasteiger partial charge >= 0.3 is 0 Å². The van der Waals surface area contributed by atoms with E-state index in [1.165, 1.54) is 0 Å². The zero-order chi connectivity index (χ0) is 18.3. The minimum absolute atomic E-state index is 0.512. The largest absolute Gasteiger partial charge is 0.397 e. The van der Waals surface area contributed by atoms with Gasteiger partial charge in [-0.25, -0.2) is 30.7 Å². The Morgan fingerprint density at radius 3 is 1.83 bits per heavy atom. The molecule has 24 heavy (non-hydrogen) atoms. The van der Waals surface area contributed by atoms with Crippen molar-refractivity contribution in [2.75, 3.05) is 5.73 Å². The van der Waals surface area contributed by atoms with Crippen LogP contribution in [-0.4, -0.2) is 12.3 Å². The van der Waals surface area contributed by atoms with Crippen molar-refractivity contribution in [2.24, 2.45) is 5.73 Å². The Kier molecular flexibility index (Phi) is 4.63. The topological polar surface area (TPSA) is 52.0 Å². The molecule has 1 aromatic carbocycles. The molecule has 0 heterocycles. The smallest absolute Gasteiger partial charge is 0.185 e. The summed E-state index contributed by atoms with van der Waals surface area (Å²) in [5, 5.41) is 0. The predicted molar refractivity (Wildman–Crippen MR) is 74.5 cm³/mol. The lowest BCUT2D eigenvalue weighted by atomic mass is 9.85. The van der Waals surface area contributed by atoms with E-state index in [0.717, 1.165) is 6.08 Å². The summed E-state index contributed by atoms with van der Waals surface area (Å²) in [5.41, 5.74) is 3.80. The third-order valence-corrected chi connectivity index (χ3v) is 3.59. The maximum Gasteiger partial charge on any atom is 0.185 e. The minimum Gasteiger partial charge on any atom is -0.397 e. The number of hydrogen-bond acceptors (Lipinski definition) is 2. The Morgan fingerprint density at radius 1 is 0.875 bits per heavy atom. The van der Waals surface area contributed by atoms with Crippen LogP contribution in [0, 0.1) is 23.3 Å². The fourth-order valence-electron chi connectivity index (χ4n) is 2.40. The number of alkyl halides is 2. The summed E-state index contributed by atoms with van der Waals surface area (Å²) in [6.45, 7) is 3.24. The van der Waals surface area contributed by atoms with Gasteiger partial charge < -0.3 is 11.5 Å². The van der Waals surface area contributed by atoms with Gasteiger partial charge in [0.05, 0.1) is 11.3 Å². The second-order valence-electron chi connectivity index (χ2n) is 5.00. The molecule has 2 unspecified atom stereocenters. The SMILES string of the molecule is C=CCC1=C(c2c(F)c(F)c(N)c(F)c2F)C(F)C(F)C(N)=C1F. The van der Waals surface area contributed by atoms with Crippen molar-refractivity contribution >= 4 is 11.3 Å². The van der Waals surface area contributed by atoms with Gasteiger partial charge in [-0.3, -0.25) is 0 Å². The van der Waals surface area contributed by atoms with Crippen LogP contribution in [0.2, 0.25) is 0 Å². The highest BCUT2D eigenvalue weighted by atomic mass is 19.2. The number of nitrogens with two attached hydrogens (primary N) is 2. The molecule has 130 valence electrons. The Bertz CT molecular complexity index is 754. The second-order valence-corrected chi connectivity index (χ2v) is 5.00. The molecule has 2 rings (SSSR count). The van der Waals surface area contributed by atoms with E-state index in [0.29, 0.717) is 0 Å². The van der Waals surface area contributed by atoms with Gasteiger partial charge in [-0.1, -0.05) is 6.08 Å². The number of halogens is 7. The first-order valence-corrected chi connectivity index (χ1v) is 6.54. The highest BCUT2D eigenvalue weighted by Crippen LogP contribution is 2.43. The van der Waals surface area contributed by atoms with Crippen molar-refractivity contribution in [3.05, 3.63) is 58.6 Å². The number of rotatable bonds is 3. The standard InChI is InChI=1S/C15H11F7N2/c1-2-3-4-5(8(17)11(20)14(23)7(4)16)6-9(18)12(21)15(24)13(22)10(6)19/h2,8,11H,1,3,23-24H2. The average Bonchev–Trinajstić information content (AvgIpc) is 2.56. The summed E-state index contributed by atoms with van der Waals surface area (Å²) >= 11 is 0. The lowest BCUT2D eigenvalue weighted by molar-refractivity contribution is 0.232. The summed E-state index contributed by atoms with van der Waals surface area (Å²) in [4.78, 5) is 0. The normalized spacial score (nSPS) is 21.5. The fourth-order valence-corrected chi connectivity index (χ4v) is 2.40. The lowest BCUT2D eigenvalue weighted by Crippen LogP contribution is -2.32. The Labute approximate surface area is 131 Å². The molecule has 0 saturated heterocycles. The maximum atomic E-state index is 14.3. The van der Waals surface area contributed by atoms with E-state index in [4.69, 9.17) is 11.5 Å². The summed E-state index contributed by atoms with van der Waals surface area (Å²) < 4.78 is 97.5. The van der Waals surface area contributed by atoms with E-state index in [9.17, 15) is 30.7 Å². The van der Waals surface area contributed by atoms with Crippen LogP contribution in [0.4, 0.5) is 36.4 Å². The first kappa shape index (κ1) is 17.9. The Morgan fingerprint density at radius 2 is 1.38 bits per heavy atom. The molecule has 0 bridgehead atoms. The van der Waals surface area contributed by atoms with E-state index in [-0.39, 0.29) is 0 Å². The van der Waals surface area contributed by atoms with E-state index >= 15 is 0 Å². The molecule has 0 aromatic heterocycles. The van der Waals surface area contributed by atoms with Crippen molar-refractivity contribution in [1.82, 2.24) is 0 Å². The minimum atomic E-state index is -2.84.